The fourth-order valence-electron chi connectivity index (χ4n) is 2.57. The molecule has 6 nitrogen and oxygen atoms in total. The Labute approximate surface area is 172 Å². The van der Waals surface area contributed by atoms with E-state index >= 15 is 0 Å². The topological polar surface area (TPSA) is 76.7 Å². The summed E-state index contributed by atoms with van der Waals surface area (Å²) in [4.78, 5) is 24.0. The normalized spacial score (nSPS) is 10.6. The number of thiocarbonyl (C=S) groups is 1. The average molecular weight is 407 g/mol. The minimum Gasteiger partial charge on any atom is -0.462 e. The molecule has 7 heteroatoms. The lowest BCUT2D eigenvalue weighted by molar-refractivity contribution is -0.146. The number of hydrogen-bond donors (Lipinski definition) is 2. The van der Waals surface area contributed by atoms with E-state index in [0.717, 1.165) is 23.2 Å². The van der Waals surface area contributed by atoms with Crippen molar-refractivity contribution in [3.8, 4) is 0 Å². The van der Waals surface area contributed by atoms with E-state index in [-0.39, 0.29) is 29.3 Å². The van der Waals surface area contributed by atoms with Crippen molar-refractivity contribution in [2.45, 2.75) is 53.4 Å². The highest BCUT2D eigenvalue weighted by Gasteiger charge is 2.22. The molecule has 0 unspecified atom stereocenters. The van der Waals surface area contributed by atoms with Gasteiger partial charge in [-0.1, -0.05) is 45.9 Å². The van der Waals surface area contributed by atoms with Gasteiger partial charge in [-0.05, 0) is 49.0 Å². The molecule has 0 aliphatic carbocycles. The first kappa shape index (κ1) is 23.6. The Hall–Kier alpha value is -2.41. The molecule has 1 aromatic rings. The molecule has 0 bridgehead atoms. The van der Waals surface area contributed by atoms with Crippen molar-refractivity contribution in [3.05, 3.63) is 41.1 Å². The van der Waals surface area contributed by atoms with E-state index in [1.165, 1.54) is 6.20 Å². The lowest BCUT2D eigenvalue weighted by Crippen LogP contribution is -2.29. The number of ether oxygens (including phenoxy) is 2. The third kappa shape index (κ3) is 6.64. The van der Waals surface area contributed by atoms with Gasteiger partial charge < -0.3 is 20.1 Å². The maximum atomic E-state index is 12.0. The highest BCUT2D eigenvalue weighted by molar-refractivity contribution is 7.80. The SMILES string of the molecule is CCOC(=O)C(=CNC(=S)Nc1c(CC)cccc1C(C)(C)C)C(=O)OCC. The van der Waals surface area contributed by atoms with E-state index in [4.69, 9.17) is 21.7 Å². The van der Waals surface area contributed by atoms with Gasteiger partial charge in [0, 0.05) is 11.9 Å². The Balaban J connectivity index is 3.09. The van der Waals surface area contributed by atoms with Crippen LogP contribution in [0.25, 0.3) is 0 Å². The predicted octanol–water partition coefficient (Wildman–Crippen LogP) is 3.84. The molecule has 0 fully saturated rings. The standard InChI is InChI=1S/C21H30N2O4S/c1-7-14-11-10-12-16(21(4,5)6)17(14)23-20(28)22-13-15(18(24)26-8-2)19(25)27-9-3/h10-13H,7-9H2,1-6H3,(H2,22,23,28). The summed E-state index contributed by atoms with van der Waals surface area (Å²) in [7, 11) is 0. The van der Waals surface area contributed by atoms with E-state index in [0.29, 0.717) is 0 Å². The number of aryl methyl sites for hydroxylation is 1. The first-order valence-electron chi connectivity index (χ1n) is 9.39. The maximum Gasteiger partial charge on any atom is 0.347 e. The summed E-state index contributed by atoms with van der Waals surface area (Å²) < 4.78 is 9.82. The molecule has 28 heavy (non-hydrogen) atoms. The van der Waals surface area contributed by atoms with E-state index in [2.05, 4.69) is 44.4 Å². The van der Waals surface area contributed by atoms with E-state index in [9.17, 15) is 9.59 Å². The van der Waals surface area contributed by atoms with Crippen molar-refractivity contribution in [1.82, 2.24) is 5.32 Å². The third-order valence-electron chi connectivity index (χ3n) is 3.92. The van der Waals surface area contributed by atoms with Crippen molar-refractivity contribution in [1.29, 1.82) is 0 Å². The largest absolute Gasteiger partial charge is 0.462 e. The molecule has 0 amide bonds. The highest BCUT2D eigenvalue weighted by Crippen LogP contribution is 2.32. The van der Waals surface area contributed by atoms with Gasteiger partial charge in [-0.3, -0.25) is 0 Å². The minimum absolute atomic E-state index is 0.0833. The summed E-state index contributed by atoms with van der Waals surface area (Å²) in [6.45, 7) is 12.1. The van der Waals surface area contributed by atoms with Crippen LogP contribution in [-0.2, 0) is 30.9 Å². The highest BCUT2D eigenvalue weighted by atomic mass is 32.1. The second-order valence-electron chi connectivity index (χ2n) is 7.04. The maximum absolute atomic E-state index is 12.0. The Morgan fingerprint density at radius 3 is 2.11 bits per heavy atom. The first-order chi connectivity index (χ1) is 13.1. The van der Waals surface area contributed by atoms with Gasteiger partial charge in [-0.15, -0.1) is 0 Å². The fraction of sp³-hybridized carbons (Fsp3) is 0.476. The first-order valence-corrected chi connectivity index (χ1v) is 9.80. The zero-order valence-electron chi connectivity index (χ0n) is 17.5. The van der Waals surface area contributed by atoms with Crippen LogP contribution < -0.4 is 10.6 Å². The Kier molecular flexibility index (Phi) is 9.12. The average Bonchev–Trinajstić information content (AvgIpc) is 2.61. The monoisotopic (exact) mass is 406 g/mol. The molecule has 1 aromatic carbocycles. The second-order valence-corrected chi connectivity index (χ2v) is 7.45. The van der Waals surface area contributed by atoms with Gasteiger partial charge in [0.15, 0.2) is 10.7 Å². The smallest absolute Gasteiger partial charge is 0.347 e. The molecule has 0 aliphatic rings. The molecule has 154 valence electrons. The number of benzene rings is 1. The van der Waals surface area contributed by atoms with E-state index in [1.807, 2.05) is 12.1 Å². The molecule has 0 saturated carbocycles. The Bertz CT molecular complexity index is 731. The Morgan fingerprint density at radius 2 is 1.64 bits per heavy atom. The number of esters is 2. The van der Waals surface area contributed by atoms with E-state index in [1.54, 1.807) is 13.8 Å². The van der Waals surface area contributed by atoms with Crippen molar-refractivity contribution in [2.75, 3.05) is 18.5 Å². The van der Waals surface area contributed by atoms with Crippen LogP contribution in [0.15, 0.2) is 30.0 Å². The molecule has 0 spiro atoms. The fourth-order valence-corrected chi connectivity index (χ4v) is 2.73. The van der Waals surface area contributed by atoms with Crippen molar-refractivity contribution in [3.63, 3.8) is 0 Å². The van der Waals surface area contributed by atoms with Gasteiger partial charge in [0.2, 0.25) is 0 Å². The van der Waals surface area contributed by atoms with Gasteiger partial charge in [0.1, 0.15) is 0 Å². The molecular formula is C21H30N2O4S. The van der Waals surface area contributed by atoms with Gasteiger partial charge in [-0.2, -0.15) is 0 Å². The molecule has 0 saturated heterocycles. The zero-order chi connectivity index (χ0) is 21.3. The van der Waals surface area contributed by atoms with Gasteiger partial charge in [0.25, 0.3) is 0 Å². The molecule has 0 atom stereocenters. The van der Waals surface area contributed by atoms with Crippen LogP contribution in [0.1, 0.15) is 52.7 Å². The molecule has 2 N–H and O–H groups in total. The predicted molar refractivity (Wildman–Crippen MR) is 115 cm³/mol. The third-order valence-corrected chi connectivity index (χ3v) is 4.14. The minimum atomic E-state index is -0.763. The molecular weight excluding hydrogens is 376 g/mol. The van der Waals surface area contributed by atoms with Gasteiger partial charge in [0.05, 0.1) is 13.2 Å². The van der Waals surface area contributed by atoms with Crippen LogP contribution in [0.2, 0.25) is 0 Å². The Morgan fingerprint density at radius 1 is 1.07 bits per heavy atom. The van der Waals surface area contributed by atoms with Crippen molar-refractivity contribution < 1.29 is 19.1 Å². The number of carbonyl (C=O) groups excluding carboxylic acids is 2. The molecule has 0 aliphatic heterocycles. The van der Waals surface area contributed by atoms with Crippen molar-refractivity contribution in [2.24, 2.45) is 0 Å². The number of carbonyl (C=O) groups is 2. The molecule has 0 heterocycles. The number of nitrogens with one attached hydrogen (secondary N) is 2. The van der Waals surface area contributed by atoms with Crippen LogP contribution in [0.4, 0.5) is 5.69 Å². The van der Waals surface area contributed by atoms with Crippen molar-refractivity contribution >= 4 is 35.0 Å². The summed E-state index contributed by atoms with van der Waals surface area (Å²) in [5.41, 5.74) is 2.84. The number of rotatable bonds is 7. The summed E-state index contributed by atoms with van der Waals surface area (Å²) in [6, 6.07) is 6.13. The lowest BCUT2D eigenvalue weighted by atomic mass is 9.84. The van der Waals surface area contributed by atoms with Crippen LogP contribution in [0, 0.1) is 0 Å². The molecule has 0 radical (unpaired) electrons. The molecule has 0 aromatic heterocycles. The number of anilines is 1. The van der Waals surface area contributed by atoms with Crippen LogP contribution in [0.5, 0.6) is 0 Å². The van der Waals surface area contributed by atoms with Gasteiger partial charge in [-0.25, -0.2) is 9.59 Å². The van der Waals surface area contributed by atoms with E-state index < -0.39 is 11.9 Å². The summed E-state index contributed by atoms with van der Waals surface area (Å²) >= 11 is 5.38. The zero-order valence-corrected chi connectivity index (χ0v) is 18.3. The number of para-hydroxylation sites is 1. The van der Waals surface area contributed by atoms with Crippen LogP contribution in [-0.4, -0.2) is 30.3 Å². The summed E-state index contributed by atoms with van der Waals surface area (Å²) in [5.74, 6) is -1.53. The summed E-state index contributed by atoms with van der Waals surface area (Å²) in [6.07, 6.45) is 2.05. The van der Waals surface area contributed by atoms with Gasteiger partial charge >= 0.3 is 11.9 Å². The summed E-state index contributed by atoms with van der Waals surface area (Å²) in [5, 5.41) is 6.26. The van der Waals surface area contributed by atoms with Crippen LogP contribution >= 0.6 is 12.2 Å². The quantitative estimate of drug-likeness (QED) is 0.234. The molecule has 1 rings (SSSR count). The van der Waals surface area contributed by atoms with Crippen LogP contribution in [0.3, 0.4) is 0 Å². The number of hydrogen-bond acceptors (Lipinski definition) is 5. The second kappa shape index (κ2) is 10.8. The lowest BCUT2D eigenvalue weighted by Gasteiger charge is -2.25.